The van der Waals surface area contributed by atoms with Gasteiger partial charge in [0.15, 0.2) is 0 Å². The highest BCUT2D eigenvalue weighted by Gasteiger charge is 2.31. The van der Waals surface area contributed by atoms with Gasteiger partial charge in [-0.05, 0) is 19.1 Å². The van der Waals surface area contributed by atoms with E-state index in [1.165, 1.54) is 0 Å². The van der Waals surface area contributed by atoms with Crippen molar-refractivity contribution in [2.24, 2.45) is 0 Å². The predicted octanol–water partition coefficient (Wildman–Crippen LogP) is -0.549. The molecule has 82 valence electrons. The van der Waals surface area contributed by atoms with Crippen LogP contribution in [0.4, 0.5) is 0 Å². The Morgan fingerprint density at radius 2 is 2.40 bits per heavy atom. The predicted molar refractivity (Wildman–Crippen MR) is 50.1 cm³/mol. The molecule has 1 fully saturated rings. The molecule has 0 atom stereocenters. The van der Waals surface area contributed by atoms with Crippen LogP contribution in [0.2, 0.25) is 0 Å². The summed E-state index contributed by atoms with van der Waals surface area (Å²) in [5.41, 5.74) is -0.308. The van der Waals surface area contributed by atoms with Gasteiger partial charge in [-0.1, -0.05) is 0 Å². The van der Waals surface area contributed by atoms with Crippen molar-refractivity contribution in [1.29, 1.82) is 0 Å². The molecule has 7 heteroatoms. The van der Waals surface area contributed by atoms with Gasteiger partial charge >= 0.3 is 0 Å². The monoisotopic (exact) mass is 211 g/mol. The number of carbonyl (C=O) groups is 1. The summed E-state index contributed by atoms with van der Waals surface area (Å²) < 4.78 is 5.50. The van der Waals surface area contributed by atoms with E-state index in [9.17, 15) is 4.79 Å². The minimum Gasteiger partial charge on any atom is -0.372 e. The maximum absolute atomic E-state index is 11.8. The minimum atomic E-state index is -0.308. The molecule has 7 nitrogen and oxygen atoms in total. The largest absolute Gasteiger partial charge is 0.372 e. The molecule has 0 aromatic carbocycles. The third-order valence-electron chi connectivity index (χ3n) is 2.25. The lowest BCUT2D eigenvalue weighted by atomic mass is 10.1. The lowest BCUT2D eigenvalue weighted by molar-refractivity contribution is -0.0766. The van der Waals surface area contributed by atoms with E-state index in [-0.39, 0.29) is 17.3 Å². The molecule has 15 heavy (non-hydrogen) atoms. The number of hydrogen-bond donors (Lipinski definition) is 1. The van der Waals surface area contributed by atoms with Crippen LogP contribution in [-0.4, -0.2) is 56.7 Å². The fourth-order valence-electron chi connectivity index (χ4n) is 1.58. The van der Waals surface area contributed by atoms with Crippen molar-refractivity contribution in [3.05, 3.63) is 5.82 Å². The Hall–Kier alpha value is -1.50. The molecular weight excluding hydrogens is 198 g/mol. The third-order valence-corrected chi connectivity index (χ3v) is 2.25. The van der Waals surface area contributed by atoms with Gasteiger partial charge in [0.2, 0.25) is 0 Å². The van der Waals surface area contributed by atoms with Crippen LogP contribution in [0.15, 0.2) is 0 Å². The Labute approximate surface area is 86.8 Å². The van der Waals surface area contributed by atoms with Crippen molar-refractivity contribution in [2.45, 2.75) is 19.4 Å². The van der Waals surface area contributed by atoms with E-state index in [1.54, 1.807) is 4.90 Å². The average Bonchev–Trinajstić information content (AvgIpc) is 2.67. The smallest absolute Gasteiger partial charge is 0.295 e. The SMILES string of the molecule is CC1(C)CN(C(=O)c2nn[nH]n2)CCO1. The first-order valence-corrected chi connectivity index (χ1v) is 4.75. The molecule has 1 amide bonds. The van der Waals surface area contributed by atoms with Crippen molar-refractivity contribution in [3.63, 3.8) is 0 Å². The summed E-state index contributed by atoms with van der Waals surface area (Å²) >= 11 is 0. The first-order chi connectivity index (χ1) is 7.08. The van der Waals surface area contributed by atoms with Gasteiger partial charge in [0, 0.05) is 13.1 Å². The first-order valence-electron chi connectivity index (χ1n) is 4.75. The summed E-state index contributed by atoms with van der Waals surface area (Å²) in [4.78, 5) is 13.5. The van der Waals surface area contributed by atoms with Crippen molar-refractivity contribution < 1.29 is 9.53 Å². The Morgan fingerprint density at radius 3 is 3.00 bits per heavy atom. The number of carbonyl (C=O) groups excluding carboxylic acids is 1. The second-order valence-corrected chi connectivity index (χ2v) is 4.07. The van der Waals surface area contributed by atoms with Crippen molar-refractivity contribution in [1.82, 2.24) is 25.5 Å². The number of nitrogens with one attached hydrogen (secondary N) is 1. The van der Waals surface area contributed by atoms with Gasteiger partial charge in [-0.3, -0.25) is 4.79 Å². The first kappa shape index (κ1) is 10.0. The Morgan fingerprint density at radius 1 is 1.60 bits per heavy atom. The van der Waals surface area contributed by atoms with E-state index in [1.807, 2.05) is 13.8 Å². The van der Waals surface area contributed by atoms with E-state index >= 15 is 0 Å². The number of tetrazole rings is 1. The number of ether oxygens (including phenoxy) is 1. The molecule has 1 aliphatic heterocycles. The molecule has 0 aliphatic carbocycles. The second kappa shape index (κ2) is 3.58. The highest BCUT2D eigenvalue weighted by molar-refractivity contribution is 5.90. The maximum Gasteiger partial charge on any atom is 0.295 e. The van der Waals surface area contributed by atoms with Crippen LogP contribution in [0.5, 0.6) is 0 Å². The third kappa shape index (κ3) is 2.12. The number of amides is 1. The standard InChI is InChI=1S/C8H13N5O2/c1-8(2)5-13(3-4-15-8)7(14)6-9-11-12-10-6/h3-5H2,1-2H3,(H,9,10,11,12). The molecule has 2 heterocycles. The average molecular weight is 211 g/mol. The van der Waals surface area contributed by atoms with Crippen LogP contribution >= 0.6 is 0 Å². The van der Waals surface area contributed by atoms with Crippen molar-refractivity contribution in [3.8, 4) is 0 Å². The summed E-state index contributed by atoms with van der Waals surface area (Å²) in [5.74, 6) is -0.104. The number of H-pyrrole nitrogens is 1. The Bertz CT molecular complexity index is 348. The van der Waals surface area contributed by atoms with Gasteiger partial charge in [-0.25, -0.2) is 0 Å². The number of aromatic amines is 1. The topological polar surface area (TPSA) is 84.0 Å². The fraction of sp³-hybridized carbons (Fsp3) is 0.750. The minimum absolute atomic E-state index is 0.104. The quantitative estimate of drug-likeness (QED) is 0.673. The van der Waals surface area contributed by atoms with Gasteiger partial charge in [0.1, 0.15) is 0 Å². The van der Waals surface area contributed by atoms with Gasteiger partial charge in [0.25, 0.3) is 11.7 Å². The molecule has 0 saturated carbocycles. The zero-order valence-electron chi connectivity index (χ0n) is 8.73. The molecule has 2 rings (SSSR count). The summed E-state index contributed by atoms with van der Waals surface area (Å²) in [6.45, 7) is 5.54. The van der Waals surface area contributed by atoms with Gasteiger partial charge in [-0.2, -0.15) is 5.21 Å². The van der Waals surface area contributed by atoms with Crippen molar-refractivity contribution >= 4 is 5.91 Å². The van der Waals surface area contributed by atoms with E-state index in [4.69, 9.17) is 4.74 Å². The summed E-state index contributed by atoms with van der Waals surface area (Å²) in [6.07, 6.45) is 0. The molecule has 0 unspecified atom stereocenters. The van der Waals surface area contributed by atoms with Crippen LogP contribution in [0.3, 0.4) is 0 Å². The van der Waals surface area contributed by atoms with E-state index in [2.05, 4.69) is 20.6 Å². The molecule has 0 spiro atoms. The molecule has 1 N–H and O–H groups in total. The maximum atomic E-state index is 11.8. The van der Waals surface area contributed by atoms with Gasteiger partial charge in [0.05, 0.1) is 12.2 Å². The second-order valence-electron chi connectivity index (χ2n) is 4.07. The lowest BCUT2D eigenvalue weighted by Crippen LogP contribution is -2.50. The highest BCUT2D eigenvalue weighted by atomic mass is 16.5. The molecule has 1 saturated heterocycles. The van der Waals surface area contributed by atoms with Gasteiger partial charge in [-0.15, -0.1) is 10.2 Å². The van der Waals surface area contributed by atoms with Crippen LogP contribution < -0.4 is 0 Å². The number of nitrogens with zero attached hydrogens (tertiary/aromatic N) is 4. The van der Waals surface area contributed by atoms with Crippen LogP contribution in [-0.2, 0) is 4.74 Å². The van der Waals surface area contributed by atoms with E-state index in [0.29, 0.717) is 19.7 Å². The van der Waals surface area contributed by atoms with Crippen LogP contribution in [0.25, 0.3) is 0 Å². The number of aromatic nitrogens is 4. The highest BCUT2D eigenvalue weighted by Crippen LogP contribution is 2.17. The van der Waals surface area contributed by atoms with E-state index in [0.717, 1.165) is 0 Å². The molecular formula is C8H13N5O2. The Balaban J connectivity index is 2.08. The summed E-state index contributed by atoms with van der Waals surface area (Å²) in [7, 11) is 0. The normalized spacial score (nSPS) is 20.3. The van der Waals surface area contributed by atoms with Gasteiger partial charge < -0.3 is 9.64 Å². The van der Waals surface area contributed by atoms with Crippen molar-refractivity contribution in [2.75, 3.05) is 19.7 Å². The summed E-state index contributed by atoms with van der Waals surface area (Å²) in [5, 5.41) is 12.9. The Kier molecular flexibility index (Phi) is 2.39. The number of morpholine rings is 1. The molecule has 1 aromatic rings. The zero-order chi connectivity index (χ0) is 10.9. The lowest BCUT2D eigenvalue weighted by Gasteiger charge is -2.37. The molecule has 0 bridgehead atoms. The fourth-order valence-corrected chi connectivity index (χ4v) is 1.58. The van der Waals surface area contributed by atoms with E-state index < -0.39 is 0 Å². The molecule has 1 aliphatic rings. The zero-order valence-corrected chi connectivity index (χ0v) is 8.73. The molecule has 1 aromatic heterocycles. The molecule has 0 radical (unpaired) electrons. The number of hydrogen-bond acceptors (Lipinski definition) is 5. The van der Waals surface area contributed by atoms with Crippen LogP contribution in [0.1, 0.15) is 24.5 Å². The summed E-state index contributed by atoms with van der Waals surface area (Å²) in [6, 6.07) is 0. The van der Waals surface area contributed by atoms with Crippen LogP contribution in [0, 0.1) is 0 Å². The number of rotatable bonds is 1.